The number of rotatable bonds is 5. The number of fused-ring (bicyclic) bond motifs is 7. The van der Waals surface area contributed by atoms with Crippen LogP contribution in [0.5, 0.6) is 0 Å². The lowest BCUT2D eigenvalue weighted by Gasteiger charge is -2.38. The van der Waals surface area contributed by atoms with Gasteiger partial charge in [0.1, 0.15) is 0 Å². The van der Waals surface area contributed by atoms with E-state index in [2.05, 4.69) is 187 Å². The molecule has 9 aromatic carbocycles. The van der Waals surface area contributed by atoms with Crippen molar-refractivity contribution >= 4 is 32.6 Å². The van der Waals surface area contributed by atoms with Crippen molar-refractivity contribution in [2.24, 2.45) is 0 Å². The van der Waals surface area contributed by atoms with E-state index in [1.54, 1.807) is 0 Å². The second-order valence-electron chi connectivity index (χ2n) is 15.9. The molecule has 0 fully saturated rings. The lowest BCUT2D eigenvalue weighted by Crippen LogP contribution is -2.30. The van der Waals surface area contributed by atoms with E-state index in [0.717, 1.165) is 27.7 Å². The largest absolute Gasteiger partial charge is 0.278 e. The summed E-state index contributed by atoms with van der Waals surface area (Å²) in [6, 6.07) is 74.3. The van der Waals surface area contributed by atoms with Crippen molar-refractivity contribution in [1.82, 2.24) is 19.5 Å². The van der Waals surface area contributed by atoms with Gasteiger partial charge in [0.2, 0.25) is 5.95 Å². The number of hydrogen-bond acceptors (Lipinski definition) is 3. The second-order valence-corrected chi connectivity index (χ2v) is 15.9. The van der Waals surface area contributed by atoms with Gasteiger partial charge in [-0.15, -0.1) is 0 Å². The van der Waals surface area contributed by atoms with Crippen LogP contribution in [0.4, 0.5) is 0 Å². The van der Waals surface area contributed by atoms with Gasteiger partial charge in [0, 0.05) is 21.9 Å². The van der Waals surface area contributed by atoms with Gasteiger partial charge in [-0.2, -0.15) is 9.97 Å². The average Bonchev–Trinajstić information content (AvgIpc) is 3.82. The summed E-state index contributed by atoms with van der Waals surface area (Å²) < 4.78 is 2.30. The first-order valence-electron chi connectivity index (χ1n) is 20.5. The summed E-state index contributed by atoms with van der Waals surface area (Å²) in [5.41, 5.74) is 15.9. The Kier molecular flexibility index (Phi) is 6.90. The molecule has 0 saturated carbocycles. The fraction of sp³-hybridized carbons (Fsp3) is 0.0179. The highest BCUT2D eigenvalue weighted by atomic mass is 15.2. The Morgan fingerprint density at radius 2 is 0.800 bits per heavy atom. The topological polar surface area (TPSA) is 43.6 Å². The van der Waals surface area contributed by atoms with Gasteiger partial charge in [-0.3, -0.25) is 4.57 Å². The molecule has 13 rings (SSSR count). The maximum atomic E-state index is 5.41. The Morgan fingerprint density at radius 3 is 1.45 bits per heavy atom. The lowest BCUT2D eigenvalue weighted by atomic mass is 9.63. The van der Waals surface area contributed by atoms with Crippen LogP contribution in [0.2, 0.25) is 0 Å². The van der Waals surface area contributed by atoms with Gasteiger partial charge in [-0.1, -0.05) is 194 Å². The predicted molar refractivity (Wildman–Crippen MR) is 244 cm³/mol. The molecule has 0 saturated heterocycles. The summed E-state index contributed by atoms with van der Waals surface area (Å²) in [4.78, 5) is 15.9. The van der Waals surface area contributed by atoms with Crippen molar-refractivity contribution in [2.75, 3.05) is 0 Å². The van der Waals surface area contributed by atoms with Crippen molar-refractivity contribution in [3.05, 3.63) is 229 Å². The molecule has 4 heteroatoms. The number of hydrogen-bond donors (Lipinski definition) is 0. The minimum Gasteiger partial charge on any atom is -0.278 e. The van der Waals surface area contributed by atoms with E-state index in [4.69, 9.17) is 15.0 Å². The minimum atomic E-state index is -0.534. The fourth-order valence-electron chi connectivity index (χ4n) is 10.4. The highest BCUT2D eigenvalue weighted by Gasteiger charge is 2.50. The van der Waals surface area contributed by atoms with Gasteiger partial charge >= 0.3 is 0 Å². The predicted octanol–water partition coefficient (Wildman–Crippen LogP) is 13.5. The fourth-order valence-corrected chi connectivity index (χ4v) is 10.4. The Balaban J connectivity index is 1.17. The molecule has 2 aliphatic rings. The standard InChI is InChI=1S/C56H34N4/c1-4-16-35(17-5-1)36-30-32-39(33-31-36)54-57-53(38-20-8-3-9-21-38)58-55(59-54)60-48-29-15-28-47-51(48)52-49(60)34-43(37-18-6-2-7-19-37)42-24-14-27-46(50(42)52)56(47)44-25-12-10-22-40(44)41-23-11-13-26-45(41)56/h1-34H. The molecule has 0 atom stereocenters. The molecule has 0 amide bonds. The maximum absolute atomic E-state index is 5.41. The molecule has 1 spiro atoms. The van der Waals surface area contributed by atoms with Crippen molar-refractivity contribution in [1.29, 1.82) is 0 Å². The zero-order chi connectivity index (χ0) is 39.4. The van der Waals surface area contributed by atoms with Crippen LogP contribution in [-0.2, 0) is 5.41 Å². The van der Waals surface area contributed by atoms with Crippen LogP contribution in [0.25, 0.3) is 94.7 Å². The molecule has 0 unspecified atom stereocenters. The van der Waals surface area contributed by atoms with E-state index in [-0.39, 0.29) is 0 Å². The quantitative estimate of drug-likeness (QED) is 0.175. The first kappa shape index (κ1) is 33.1. The van der Waals surface area contributed by atoms with Crippen LogP contribution in [-0.4, -0.2) is 19.5 Å². The Labute approximate surface area is 346 Å². The van der Waals surface area contributed by atoms with Crippen LogP contribution < -0.4 is 0 Å². The molecule has 11 aromatic rings. The monoisotopic (exact) mass is 762 g/mol. The molecule has 0 N–H and O–H groups in total. The summed E-state index contributed by atoms with van der Waals surface area (Å²) in [6.07, 6.45) is 0. The van der Waals surface area contributed by atoms with Crippen LogP contribution >= 0.6 is 0 Å². The maximum Gasteiger partial charge on any atom is 0.238 e. The lowest BCUT2D eigenvalue weighted by molar-refractivity contribution is 0.783. The van der Waals surface area contributed by atoms with Crippen molar-refractivity contribution in [2.45, 2.75) is 5.41 Å². The zero-order valence-electron chi connectivity index (χ0n) is 32.4. The molecule has 2 heterocycles. The number of nitrogens with zero attached hydrogens (tertiary/aromatic N) is 4. The molecule has 278 valence electrons. The average molecular weight is 763 g/mol. The van der Waals surface area contributed by atoms with Gasteiger partial charge < -0.3 is 0 Å². The third-order valence-electron chi connectivity index (χ3n) is 12.9. The molecule has 0 bridgehead atoms. The van der Waals surface area contributed by atoms with Gasteiger partial charge in [-0.05, 0) is 78.5 Å². The molecule has 0 aliphatic heterocycles. The van der Waals surface area contributed by atoms with Crippen LogP contribution in [0.1, 0.15) is 22.3 Å². The molecule has 0 radical (unpaired) electrons. The second kappa shape index (κ2) is 12.5. The summed E-state index contributed by atoms with van der Waals surface area (Å²) in [5, 5.41) is 4.98. The number of benzene rings is 9. The molecule has 60 heavy (non-hydrogen) atoms. The Morgan fingerprint density at radius 1 is 0.317 bits per heavy atom. The summed E-state index contributed by atoms with van der Waals surface area (Å²) >= 11 is 0. The highest BCUT2D eigenvalue weighted by molar-refractivity contribution is 6.28. The smallest absolute Gasteiger partial charge is 0.238 e. The molecule has 2 aromatic heterocycles. The molecular weight excluding hydrogens is 729 g/mol. The van der Waals surface area contributed by atoms with E-state index in [1.807, 2.05) is 24.3 Å². The minimum absolute atomic E-state index is 0.534. The van der Waals surface area contributed by atoms with Gasteiger partial charge in [0.25, 0.3) is 0 Å². The zero-order valence-corrected chi connectivity index (χ0v) is 32.4. The van der Waals surface area contributed by atoms with E-state index >= 15 is 0 Å². The first-order chi connectivity index (χ1) is 29.8. The van der Waals surface area contributed by atoms with Crippen molar-refractivity contribution in [3.63, 3.8) is 0 Å². The first-order valence-corrected chi connectivity index (χ1v) is 20.5. The molecule has 4 nitrogen and oxygen atoms in total. The SMILES string of the molecule is c1ccc(-c2ccc(-c3nc(-c4ccccc4)nc(-n4c5cccc6c5c5c7c(cccc7c(-c7ccccc7)cc54)C64c5ccccc5-c5ccccc54)n3)cc2)cc1. The van der Waals surface area contributed by atoms with Gasteiger partial charge in [0.05, 0.1) is 16.4 Å². The highest BCUT2D eigenvalue weighted by Crippen LogP contribution is 2.62. The van der Waals surface area contributed by atoms with Crippen molar-refractivity contribution in [3.8, 4) is 62.1 Å². The normalized spacial score (nSPS) is 13.1. The Bertz CT molecular complexity index is 3470. The molecular formula is C56H34N4. The van der Waals surface area contributed by atoms with Gasteiger partial charge in [-0.25, -0.2) is 4.98 Å². The van der Waals surface area contributed by atoms with Crippen LogP contribution in [0.3, 0.4) is 0 Å². The van der Waals surface area contributed by atoms with Gasteiger partial charge in [0.15, 0.2) is 11.6 Å². The summed E-state index contributed by atoms with van der Waals surface area (Å²) in [5.74, 6) is 1.84. The number of aromatic nitrogens is 4. The Hall–Kier alpha value is -7.95. The van der Waals surface area contributed by atoms with Crippen molar-refractivity contribution < 1.29 is 0 Å². The third kappa shape index (κ3) is 4.47. The van der Waals surface area contributed by atoms with E-state index < -0.39 is 5.41 Å². The third-order valence-corrected chi connectivity index (χ3v) is 12.9. The van der Waals surface area contributed by atoms with E-state index in [0.29, 0.717) is 17.6 Å². The van der Waals surface area contributed by atoms with Crippen LogP contribution in [0.15, 0.2) is 206 Å². The van der Waals surface area contributed by atoms with Crippen LogP contribution in [0, 0.1) is 0 Å². The molecule has 2 aliphatic carbocycles. The summed E-state index contributed by atoms with van der Waals surface area (Å²) in [6.45, 7) is 0. The summed E-state index contributed by atoms with van der Waals surface area (Å²) in [7, 11) is 0. The van der Waals surface area contributed by atoms with E-state index in [9.17, 15) is 0 Å². The van der Waals surface area contributed by atoms with E-state index in [1.165, 1.54) is 71.6 Å².